The molecule has 0 aliphatic heterocycles. The van der Waals surface area contributed by atoms with Gasteiger partial charge in [0.1, 0.15) is 0 Å². The van der Waals surface area contributed by atoms with E-state index in [1.807, 2.05) is 13.0 Å². The number of allylic oxidation sites excluding steroid dienone is 1. The summed E-state index contributed by atoms with van der Waals surface area (Å²) >= 11 is 5.79. The number of rotatable bonds is 2. The van der Waals surface area contributed by atoms with Gasteiger partial charge in [-0.1, -0.05) is 17.7 Å². The molecule has 0 atom stereocenters. The van der Waals surface area contributed by atoms with Crippen molar-refractivity contribution in [3.8, 4) is 0 Å². The van der Waals surface area contributed by atoms with Crippen molar-refractivity contribution in [2.75, 3.05) is 5.32 Å². The maximum Gasteiger partial charge on any atom is 0.248 e. The summed E-state index contributed by atoms with van der Waals surface area (Å²) in [5, 5.41) is 3.43. The highest BCUT2D eigenvalue weighted by Crippen LogP contribution is 2.19. The van der Waals surface area contributed by atoms with Crippen LogP contribution in [-0.4, -0.2) is 5.91 Å². The normalized spacial score (nSPS) is 10.5. The maximum absolute atomic E-state index is 11.2. The summed E-state index contributed by atoms with van der Waals surface area (Å²) in [5.41, 5.74) is 1.74. The Morgan fingerprint density at radius 3 is 2.79 bits per heavy atom. The van der Waals surface area contributed by atoms with E-state index in [9.17, 15) is 4.79 Å². The largest absolute Gasteiger partial charge is 0.322 e. The van der Waals surface area contributed by atoms with E-state index in [0.29, 0.717) is 5.02 Å². The Hall–Kier alpha value is -1.28. The summed E-state index contributed by atoms with van der Waals surface area (Å²) in [4.78, 5) is 11.2. The van der Waals surface area contributed by atoms with Crippen LogP contribution in [0.15, 0.2) is 30.4 Å². The van der Waals surface area contributed by atoms with Gasteiger partial charge in [0.15, 0.2) is 0 Å². The van der Waals surface area contributed by atoms with Crippen molar-refractivity contribution in [2.45, 2.75) is 13.8 Å². The molecule has 74 valence electrons. The number of carbonyl (C=O) groups is 1. The second kappa shape index (κ2) is 4.82. The van der Waals surface area contributed by atoms with Crippen LogP contribution in [0.2, 0.25) is 5.02 Å². The fourth-order valence-electron chi connectivity index (χ4n) is 1.09. The van der Waals surface area contributed by atoms with E-state index in [0.717, 1.165) is 11.3 Å². The second-order valence-corrected chi connectivity index (χ2v) is 3.38. The molecular weight excluding hydrogens is 198 g/mol. The van der Waals surface area contributed by atoms with Gasteiger partial charge in [-0.3, -0.25) is 4.79 Å². The van der Waals surface area contributed by atoms with Gasteiger partial charge in [-0.15, -0.1) is 0 Å². The molecule has 0 heterocycles. The fraction of sp³-hybridized carbons (Fsp3) is 0.182. The van der Waals surface area contributed by atoms with Gasteiger partial charge < -0.3 is 5.32 Å². The smallest absolute Gasteiger partial charge is 0.248 e. The predicted molar refractivity (Wildman–Crippen MR) is 59.6 cm³/mol. The minimum absolute atomic E-state index is 0.127. The van der Waals surface area contributed by atoms with Gasteiger partial charge in [0.25, 0.3) is 0 Å². The van der Waals surface area contributed by atoms with E-state index in [4.69, 9.17) is 11.6 Å². The molecule has 0 saturated carbocycles. The zero-order chi connectivity index (χ0) is 10.6. The van der Waals surface area contributed by atoms with E-state index >= 15 is 0 Å². The van der Waals surface area contributed by atoms with Crippen molar-refractivity contribution in [3.63, 3.8) is 0 Å². The maximum atomic E-state index is 11.2. The first-order chi connectivity index (χ1) is 6.63. The highest BCUT2D eigenvalue weighted by atomic mass is 35.5. The average molecular weight is 210 g/mol. The molecular formula is C11H12ClNO. The summed E-state index contributed by atoms with van der Waals surface area (Å²) < 4.78 is 0. The topological polar surface area (TPSA) is 29.1 Å². The van der Waals surface area contributed by atoms with Gasteiger partial charge >= 0.3 is 0 Å². The first-order valence-corrected chi connectivity index (χ1v) is 4.71. The Labute approximate surface area is 88.6 Å². The standard InChI is InChI=1S/C11H12ClNO/c1-3-4-11(14)13-10-6-5-9(12)7-8(10)2/h3-7H,1-2H3,(H,13,14)/b4-3+. The Kier molecular flexibility index (Phi) is 3.72. The second-order valence-electron chi connectivity index (χ2n) is 2.95. The number of hydrogen-bond acceptors (Lipinski definition) is 1. The number of carbonyl (C=O) groups excluding carboxylic acids is 1. The first kappa shape index (κ1) is 10.8. The Morgan fingerprint density at radius 1 is 1.50 bits per heavy atom. The quantitative estimate of drug-likeness (QED) is 0.745. The van der Waals surface area contributed by atoms with E-state index in [1.54, 1.807) is 25.1 Å². The summed E-state index contributed by atoms with van der Waals surface area (Å²) in [6.07, 6.45) is 3.18. The molecule has 3 heteroatoms. The van der Waals surface area contributed by atoms with E-state index in [2.05, 4.69) is 5.32 Å². The number of halogens is 1. The van der Waals surface area contributed by atoms with Gasteiger partial charge in [0.05, 0.1) is 0 Å². The van der Waals surface area contributed by atoms with Gasteiger partial charge in [0, 0.05) is 10.7 Å². The molecule has 1 rings (SSSR count). The summed E-state index contributed by atoms with van der Waals surface area (Å²) in [6.45, 7) is 3.70. The molecule has 0 unspecified atom stereocenters. The monoisotopic (exact) mass is 209 g/mol. The number of benzene rings is 1. The van der Waals surface area contributed by atoms with Crippen molar-refractivity contribution in [2.24, 2.45) is 0 Å². The number of hydrogen-bond donors (Lipinski definition) is 1. The van der Waals surface area contributed by atoms with Crippen LogP contribution in [0.25, 0.3) is 0 Å². The average Bonchev–Trinajstić information content (AvgIpc) is 2.10. The predicted octanol–water partition coefficient (Wildman–Crippen LogP) is 3.16. The van der Waals surface area contributed by atoms with Crippen LogP contribution in [0.3, 0.4) is 0 Å². The molecule has 0 fully saturated rings. The number of amides is 1. The third-order valence-electron chi connectivity index (χ3n) is 1.76. The molecule has 0 saturated heterocycles. The molecule has 1 aromatic carbocycles. The highest BCUT2D eigenvalue weighted by Gasteiger charge is 2.01. The lowest BCUT2D eigenvalue weighted by molar-refractivity contribution is -0.111. The van der Waals surface area contributed by atoms with Crippen LogP contribution in [0, 0.1) is 6.92 Å². The van der Waals surface area contributed by atoms with Crippen molar-refractivity contribution in [1.82, 2.24) is 0 Å². The molecule has 2 nitrogen and oxygen atoms in total. The van der Waals surface area contributed by atoms with Crippen molar-refractivity contribution in [3.05, 3.63) is 40.9 Å². The zero-order valence-corrected chi connectivity index (χ0v) is 8.93. The Bertz CT molecular complexity index is 372. The summed E-state index contributed by atoms with van der Waals surface area (Å²) in [5.74, 6) is -0.127. The molecule has 0 aliphatic carbocycles. The molecule has 1 aromatic rings. The molecule has 0 spiro atoms. The number of nitrogens with one attached hydrogen (secondary N) is 1. The third kappa shape index (κ3) is 2.89. The zero-order valence-electron chi connectivity index (χ0n) is 8.17. The van der Waals surface area contributed by atoms with E-state index in [1.165, 1.54) is 6.08 Å². The minimum atomic E-state index is -0.127. The SMILES string of the molecule is C/C=C/C(=O)Nc1ccc(Cl)cc1C. The molecule has 0 radical (unpaired) electrons. The fourth-order valence-corrected chi connectivity index (χ4v) is 1.32. The van der Waals surface area contributed by atoms with E-state index < -0.39 is 0 Å². The lowest BCUT2D eigenvalue weighted by atomic mass is 10.2. The lowest BCUT2D eigenvalue weighted by Gasteiger charge is -2.06. The van der Waals surface area contributed by atoms with Crippen LogP contribution >= 0.6 is 11.6 Å². The molecule has 0 aromatic heterocycles. The van der Waals surface area contributed by atoms with Gasteiger partial charge in [-0.25, -0.2) is 0 Å². The van der Waals surface area contributed by atoms with Crippen molar-refractivity contribution in [1.29, 1.82) is 0 Å². The van der Waals surface area contributed by atoms with Crippen LogP contribution in [-0.2, 0) is 4.79 Å². The lowest BCUT2D eigenvalue weighted by Crippen LogP contribution is -2.08. The van der Waals surface area contributed by atoms with Gasteiger partial charge in [-0.2, -0.15) is 0 Å². The van der Waals surface area contributed by atoms with E-state index in [-0.39, 0.29) is 5.91 Å². The summed E-state index contributed by atoms with van der Waals surface area (Å²) in [6, 6.07) is 5.35. The molecule has 0 aliphatic rings. The Morgan fingerprint density at radius 2 is 2.21 bits per heavy atom. The van der Waals surface area contributed by atoms with Gasteiger partial charge in [-0.05, 0) is 43.7 Å². The number of anilines is 1. The summed E-state index contributed by atoms with van der Waals surface area (Å²) in [7, 11) is 0. The van der Waals surface area contributed by atoms with Crippen molar-refractivity contribution >= 4 is 23.2 Å². The highest BCUT2D eigenvalue weighted by molar-refractivity contribution is 6.30. The molecule has 1 N–H and O–H groups in total. The van der Waals surface area contributed by atoms with Crippen molar-refractivity contribution < 1.29 is 4.79 Å². The minimum Gasteiger partial charge on any atom is -0.322 e. The molecule has 1 amide bonds. The van der Waals surface area contributed by atoms with Crippen LogP contribution in [0.1, 0.15) is 12.5 Å². The van der Waals surface area contributed by atoms with Crippen LogP contribution < -0.4 is 5.32 Å². The molecule has 14 heavy (non-hydrogen) atoms. The Balaban J connectivity index is 2.82. The first-order valence-electron chi connectivity index (χ1n) is 4.33. The van der Waals surface area contributed by atoms with Gasteiger partial charge in [0.2, 0.25) is 5.91 Å². The van der Waals surface area contributed by atoms with Crippen LogP contribution in [0.4, 0.5) is 5.69 Å². The third-order valence-corrected chi connectivity index (χ3v) is 2.00. The number of aryl methyl sites for hydroxylation is 1. The van der Waals surface area contributed by atoms with Crippen LogP contribution in [0.5, 0.6) is 0 Å². The molecule has 0 bridgehead atoms.